The largest absolute Gasteiger partial charge is 0.481 e. The third kappa shape index (κ3) is 4.66. The molecule has 1 rings (SSSR count). The van der Waals surface area contributed by atoms with Crippen LogP contribution in [0.15, 0.2) is 29.8 Å². The van der Waals surface area contributed by atoms with Crippen LogP contribution in [0.3, 0.4) is 0 Å². The zero-order chi connectivity index (χ0) is 16.0. The van der Waals surface area contributed by atoms with E-state index in [1.165, 1.54) is 17.0 Å². The number of carbonyl (C=O) groups excluding carboxylic acids is 1. The third-order valence-electron chi connectivity index (χ3n) is 3.05. The first-order valence-corrected chi connectivity index (χ1v) is 6.43. The van der Waals surface area contributed by atoms with Gasteiger partial charge in [-0.15, -0.1) is 0 Å². The average Bonchev–Trinajstić information content (AvgIpc) is 2.45. The Morgan fingerprint density at radius 2 is 2.00 bits per heavy atom. The van der Waals surface area contributed by atoms with Crippen LogP contribution < -0.4 is 0 Å². The summed E-state index contributed by atoms with van der Waals surface area (Å²) < 4.78 is 26.8. The lowest BCUT2D eigenvalue weighted by atomic mass is 10.1. The molecule has 0 unspecified atom stereocenters. The highest BCUT2D eigenvalue weighted by Gasteiger charge is 2.19. The van der Waals surface area contributed by atoms with Crippen molar-refractivity contribution in [2.45, 2.75) is 26.8 Å². The molecular weight excluding hydrogens is 280 g/mol. The number of aliphatic carboxylic acids is 1. The topological polar surface area (TPSA) is 57.6 Å². The summed E-state index contributed by atoms with van der Waals surface area (Å²) in [6.07, 6.45) is 1.32. The molecule has 0 atom stereocenters. The van der Waals surface area contributed by atoms with Crippen molar-refractivity contribution < 1.29 is 23.5 Å². The van der Waals surface area contributed by atoms with E-state index in [9.17, 15) is 18.4 Å². The quantitative estimate of drug-likeness (QED) is 0.821. The molecule has 0 fully saturated rings. The minimum Gasteiger partial charge on any atom is -0.481 e. The van der Waals surface area contributed by atoms with Gasteiger partial charge in [-0.1, -0.05) is 18.2 Å². The number of carbonyl (C=O) groups is 2. The molecule has 1 aromatic carbocycles. The van der Waals surface area contributed by atoms with E-state index in [1.54, 1.807) is 19.9 Å². The maximum absolute atomic E-state index is 13.7. The first-order chi connectivity index (χ1) is 9.86. The maximum Gasteiger partial charge on any atom is 0.305 e. The Kier molecular flexibility index (Phi) is 6.02. The molecule has 0 radical (unpaired) electrons. The van der Waals surface area contributed by atoms with Crippen LogP contribution in [0.4, 0.5) is 8.78 Å². The molecule has 0 aliphatic carbocycles. The van der Waals surface area contributed by atoms with E-state index in [0.717, 1.165) is 6.07 Å². The molecule has 1 aromatic rings. The predicted molar refractivity (Wildman–Crippen MR) is 73.5 cm³/mol. The Morgan fingerprint density at radius 1 is 1.33 bits per heavy atom. The molecule has 6 heteroatoms. The number of nitrogens with zero attached hydrogens (tertiary/aromatic N) is 1. The van der Waals surface area contributed by atoms with E-state index in [-0.39, 0.29) is 25.1 Å². The van der Waals surface area contributed by atoms with Crippen molar-refractivity contribution in [2.75, 3.05) is 6.54 Å². The molecule has 0 spiro atoms. The fourth-order valence-electron chi connectivity index (χ4n) is 1.73. The third-order valence-corrected chi connectivity index (χ3v) is 3.05. The Morgan fingerprint density at radius 3 is 2.57 bits per heavy atom. The number of hydrogen-bond donors (Lipinski definition) is 1. The zero-order valence-electron chi connectivity index (χ0n) is 11.9. The molecule has 0 saturated carbocycles. The molecule has 0 aliphatic rings. The Bertz CT molecular complexity index is 570. The highest BCUT2D eigenvalue weighted by atomic mass is 19.2. The summed E-state index contributed by atoms with van der Waals surface area (Å²) in [4.78, 5) is 24.0. The lowest BCUT2D eigenvalue weighted by Gasteiger charge is -2.22. The van der Waals surface area contributed by atoms with Gasteiger partial charge in [0.25, 0.3) is 0 Å². The second-order valence-corrected chi connectivity index (χ2v) is 4.56. The van der Waals surface area contributed by atoms with Crippen molar-refractivity contribution in [1.29, 1.82) is 0 Å². The second kappa shape index (κ2) is 7.52. The van der Waals surface area contributed by atoms with Crippen LogP contribution >= 0.6 is 0 Å². The zero-order valence-corrected chi connectivity index (χ0v) is 11.9. The van der Waals surface area contributed by atoms with E-state index in [2.05, 4.69) is 0 Å². The molecule has 0 heterocycles. The van der Waals surface area contributed by atoms with E-state index >= 15 is 0 Å². The van der Waals surface area contributed by atoms with Gasteiger partial charge in [-0.05, 0) is 19.9 Å². The van der Waals surface area contributed by atoms with E-state index < -0.39 is 23.5 Å². The van der Waals surface area contributed by atoms with Gasteiger partial charge in [0.05, 0.1) is 6.42 Å². The van der Waals surface area contributed by atoms with E-state index in [4.69, 9.17) is 5.11 Å². The highest BCUT2D eigenvalue weighted by Crippen LogP contribution is 2.15. The van der Waals surface area contributed by atoms with Gasteiger partial charge in [-0.3, -0.25) is 9.59 Å². The fraction of sp³-hybridized carbons (Fsp3) is 0.333. The molecule has 4 nitrogen and oxygen atoms in total. The number of amides is 1. The van der Waals surface area contributed by atoms with Crippen molar-refractivity contribution in [3.05, 3.63) is 47.0 Å². The van der Waals surface area contributed by atoms with Gasteiger partial charge in [-0.2, -0.15) is 0 Å². The molecule has 0 aliphatic heterocycles. The lowest BCUT2D eigenvalue weighted by Crippen LogP contribution is -2.33. The number of carboxylic acid groups (broad SMARTS) is 1. The van der Waals surface area contributed by atoms with Gasteiger partial charge >= 0.3 is 5.97 Å². The normalized spacial score (nSPS) is 11.3. The summed E-state index contributed by atoms with van der Waals surface area (Å²) in [5, 5.41) is 8.72. The van der Waals surface area contributed by atoms with Crippen LogP contribution in [-0.2, 0) is 16.1 Å². The number of rotatable bonds is 6. The van der Waals surface area contributed by atoms with Gasteiger partial charge in [0.2, 0.25) is 5.91 Å². The number of hydrogen-bond acceptors (Lipinski definition) is 2. The Hall–Kier alpha value is -2.24. The summed E-state index contributed by atoms with van der Waals surface area (Å²) >= 11 is 0. The Balaban J connectivity index is 2.98. The summed E-state index contributed by atoms with van der Waals surface area (Å²) in [5.41, 5.74) is 0.426. The molecule has 1 amide bonds. The molecular formula is C15H17F2NO3. The molecule has 0 saturated heterocycles. The standard InChI is InChI=1S/C15H17F2NO3/c1-3-10(2)15(21)18(8-7-13(19)20)9-11-5-4-6-12(16)14(11)17/h3-6H,7-9H2,1-2H3,(H,19,20)/b10-3-. The van der Waals surface area contributed by atoms with Crippen LogP contribution in [0.2, 0.25) is 0 Å². The summed E-state index contributed by atoms with van der Waals surface area (Å²) in [6.45, 7) is 3.00. The molecule has 0 bridgehead atoms. The number of benzene rings is 1. The van der Waals surface area contributed by atoms with Crippen molar-refractivity contribution in [1.82, 2.24) is 4.90 Å². The first kappa shape index (κ1) is 16.8. The molecule has 21 heavy (non-hydrogen) atoms. The van der Waals surface area contributed by atoms with Crippen LogP contribution in [0.25, 0.3) is 0 Å². The predicted octanol–water partition coefficient (Wildman–Crippen LogP) is 2.73. The summed E-state index contributed by atoms with van der Waals surface area (Å²) in [6, 6.07) is 3.69. The van der Waals surface area contributed by atoms with Gasteiger partial charge in [0.15, 0.2) is 11.6 Å². The Labute approximate surface area is 121 Å². The molecule has 114 valence electrons. The van der Waals surface area contributed by atoms with Gasteiger partial charge in [0, 0.05) is 24.2 Å². The SMILES string of the molecule is C/C=C(/C)C(=O)N(CCC(=O)O)Cc1cccc(F)c1F. The van der Waals surface area contributed by atoms with Crippen LogP contribution in [0.5, 0.6) is 0 Å². The van der Waals surface area contributed by atoms with Gasteiger partial charge < -0.3 is 10.0 Å². The number of carboxylic acids is 1. The smallest absolute Gasteiger partial charge is 0.305 e. The minimum atomic E-state index is -1.06. The lowest BCUT2D eigenvalue weighted by molar-refractivity contribution is -0.138. The van der Waals surface area contributed by atoms with Gasteiger partial charge in [-0.25, -0.2) is 8.78 Å². The highest BCUT2D eigenvalue weighted by molar-refractivity contribution is 5.92. The van der Waals surface area contributed by atoms with Crippen LogP contribution in [-0.4, -0.2) is 28.4 Å². The van der Waals surface area contributed by atoms with Crippen molar-refractivity contribution in [3.8, 4) is 0 Å². The molecule has 1 N–H and O–H groups in total. The maximum atomic E-state index is 13.7. The monoisotopic (exact) mass is 297 g/mol. The fourth-order valence-corrected chi connectivity index (χ4v) is 1.73. The minimum absolute atomic E-state index is 0.0117. The van der Waals surface area contributed by atoms with Crippen molar-refractivity contribution in [3.63, 3.8) is 0 Å². The summed E-state index contributed by atoms with van der Waals surface area (Å²) in [5.74, 6) is -3.49. The van der Waals surface area contributed by atoms with E-state index in [0.29, 0.717) is 5.57 Å². The molecule has 0 aromatic heterocycles. The van der Waals surface area contributed by atoms with E-state index in [1.807, 2.05) is 0 Å². The number of allylic oxidation sites excluding steroid dienone is 1. The van der Waals surface area contributed by atoms with Crippen LogP contribution in [0, 0.1) is 11.6 Å². The van der Waals surface area contributed by atoms with Gasteiger partial charge in [0.1, 0.15) is 0 Å². The number of halogens is 2. The second-order valence-electron chi connectivity index (χ2n) is 4.56. The average molecular weight is 297 g/mol. The van der Waals surface area contributed by atoms with Crippen molar-refractivity contribution in [2.24, 2.45) is 0 Å². The first-order valence-electron chi connectivity index (χ1n) is 6.43. The summed E-state index contributed by atoms with van der Waals surface area (Å²) in [7, 11) is 0. The van der Waals surface area contributed by atoms with Crippen molar-refractivity contribution >= 4 is 11.9 Å². The van der Waals surface area contributed by atoms with Crippen LogP contribution in [0.1, 0.15) is 25.8 Å².